The first-order valence-corrected chi connectivity index (χ1v) is 10.3. The summed E-state index contributed by atoms with van der Waals surface area (Å²) in [5.74, 6) is 0. The van der Waals surface area contributed by atoms with Crippen LogP contribution in [0.2, 0.25) is 0 Å². The lowest BCUT2D eigenvalue weighted by atomic mass is 9.80. The van der Waals surface area contributed by atoms with E-state index in [1.165, 1.54) is 35.1 Å². The van der Waals surface area contributed by atoms with Gasteiger partial charge in [-0.1, -0.05) is 44.0 Å². The molecule has 2 aliphatic rings. The fourth-order valence-corrected chi connectivity index (χ4v) is 4.99. The molecular formula is C20H22Br2N2. The molecule has 4 heteroatoms. The van der Waals surface area contributed by atoms with Gasteiger partial charge in [0, 0.05) is 15.0 Å². The Bertz CT molecular complexity index is 774. The maximum absolute atomic E-state index is 6.92. The second kappa shape index (κ2) is 6.56. The van der Waals surface area contributed by atoms with Crippen LogP contribution in [0, 0.1) is 0 Å². The minimum absolute atomic E-state index is 0.321. The Morgan fingerprint density at radius 3 is 2.50 bits per heavy atom. The Kier molecular flexibility index (Phi) is 4.59. The molecular weight excluding hydrogens is 428 g/mol. The summed E-state index contributed by atoms with van der Waals surface area (Å²) in [5, 5.41) is 3.84. The summed E-state index contributed by atoms with van der Waals surface area (Å²) in [5.41, 5.74) is 12.0. The van der Waals surface area contributed by atoms with Crippen LogP contribution in [0.3, 0.4) is 0 Å². The van der Waals surface area contributed by atoms with Crippen LogP contribution in [0.5, 0.6) is 0 Å². The zero-order valence-corrected chi connectivity index (χ0v) is 16.8. The molecule has 126 valence electrons. The standard InChI is InChI=1S/C20H22Br2N2/c21-15-8-6-13-3-1-5-19(17(13)11-15)24-20(23)10-2-4-14-7-9-16(22)12-18(14)20/h6-9,11-12,19,24H,1-5,10,23H2. The first-order chi connectivity index (χ1) is 11.5. The van der Waals surface area contributed by atoms with Crippen LogP contribution >= 0.6 is 31.9 Å². The average molecular weight is 450 g/mol. The minimum atomic E-state index is -0.445. The van der Waals surface area contributed by atoms with Gasteiger partial charge < -0.3 is 5.73 Å². The average Bonchev–Trinajstić information content (AvgIpc) is 2.56. The molecule has 0 saturated heterocycles. The lowest BCUT2D eigenvalue weighted by Crippen LogP contribution is -2.54. The lowest BCUT2D eigenvalue weighted by molar-refractivity contribution is 0.245. The molecule has 2 atom stereocenters. The van der Waals surface area contributed by atoms with Crippen LogP contribution in [0.25, 0.3) is 0 Å². The predicted molar refractivity (Wildman–Crippen MR) is 106 cm³/mol. The van der Waals surface area contributed by atoms with Crippen LogP contribution in [0.15, 0.2) is 45.3 Å². The highest BCUT2D eigenvalue weighted by Gasteiger charge is 2.36. The minimum Gasteiger partial charge on any atom is -0.309 e. The third kappa shape index (κ3) is 3.10. The summed E-state index contributed by atoms with van der Waals surface area (Å²) < 4.78 is 2.25. The Morgan fingerprint density at radius 1 is 0.958 bits per heavy atom. The normalized spacial score (nSPS) is 25.9. The van der Waals surface area contributed by atoms with Crippen LogP contribution in [-0.4, -0.2) is 0 Å². The molecule has 2 nitrogen and oxygen atoms in total. The number of aryl methyl sites for hydroxylation is 2. The van der Waals surface area contributed by atoms with Gasteiger partial charge in [-0.05, 0) is 85.0 Å². The van der Waals surface area contributed by atoms with Crippen LogP contribution in [0.4, 0.5) is 0 Å². The quantitative estimate of drug-likeness (QED) is 0.608. The molecule has 2 aromatic rings. The number of rotatable bonds is 2. The third-order valence-corrected chi connectivity index (χ3v) is 6.41. The van der Waals surface area contributed by atoms with Gasteiger partial charge in [-0.15, -0.1) is 0 Å². The number of benzene rings is 2. The summed E-state index contributed by atoms with van der Waals surface area (Å²) in [6.45, 7) is 0. The van der Waals surface area contributed by atoms with Gasteiger partial charge in [-0.2, -0.15) is 0 Å². The van der Waals surface area contributed by atoms with Crippen LogP contribution < -0.4 is 11.1 Å². The van der Waals surface area contributed by atoms with Crippen LogP contribution in [-0.2, 0) is 18.5 Å². The Morgan fingerprint density at radius 2 is 1.67 bits per heavy atom. The highest BCUT2D eigenvalue weighted by atomic mass is 79.9. The maximum Gasteiger partial charge on any atom is 0.0932 e. The van der Waals surface area contributed by atoms with Crippen molar-refractivity contribution in [1.29, 1.82) is 0 Å². The van der Waals surface area contributed by atoms with Crippen molar-refractivity contribution >= 4 is 31.9 Å². The number of nitrogens with one attached hydrogen (secondary N) is 1. The monoisotopic (exact) mass is 448 g/mol. The van der Waals surface area contributed by atoms with E-state index >= 15 is 0 Å². The second-order valence-electron chi connectivity index (χ2n) is 7.06. The van der Waals surface area contributed by atoms with Crippen molar-refractivity contribution in [2.75, 3.05) is 0 Å². The fourth-order valence-electron chi connectivity index (χ4n) is 4.26. The van der Waals surface area contributed by atoms with Gasteiger partial charge >= 0.3 is 0 Å². The SMILES string of the molecule is NC1(NC2CCCc3ccc(Br)cc32)CCCc2ccc(Br)cc21. The highest BCUT2D eigenvalue weighted by molar-refractivity contribution is 9.10. The molecule has 2 aliphatic carbocycles. The van der Waals surface area contributed by atoms with Crippen molar-refractivity contribution in [2.24, 2.45) is 5.73 Å². The van der Waals surface area contributed by atoms with E-state index < -0.39 is 5.66 Å². The van der Waals surface area contributed by atoms with Crippen molar-refractivity contribution in [3.63, 3.8) is 0 Å². The van der Waals surface area contributed by atoms with E-state index in [0.29, 0.717) is 6.04 Å². The molecule has 0 saturated carbocycles. The molecule has 2 aromatic carbocycles. The van der Waals surface area contributed by atoms with Gasteiger partial charge in [0.1, 0.15) is 0 Å². The number of nitrogens with two attached hydrogens (primary N) is 1. The molecule has 0 aliphatic heterocycles. The zero-order chi connectivity index (χ0) is 16.7. The number of hydrogen-bond donors (Lipinski definition) is 2. The van der Waals surface area contributed by atoms with E-state index in [1.54, 1.807) is 0 Å². The molecule has 0 amide bonds. The Balaban J connectivity index is 1.70. The molecule has 0 bridgehead atoms. The van der Waals surface area contributed by atoms with E-state index in [2.05, 4.69) is 73.6 Å². The fraction of sp³-hybridized carbons (Fsp3) is 0.400. The summed E-state index contributed by atoms with van der Waals surface area (Å²) in [7, 11) is 0. The van der Waals surface area contributed by atoms with Gasteiger partial charge in [-0.25, -0.2) is 0 Å². The molecule has 0 aromatic heterocycles. The van der Waals surface area contributed by atoms with Crippen molar-refractivity contribution in [3.05, 3.63) is 67.6 Å². The molecule has 3 N–H and O–H groups in total. The first-order valence-electron chi connectivity index (χ1n) is 8.69. The van der Waals surface area contributed by atoms with E-state index in [1.807, 2.05) is 0 Å². The van der Waals surface area contributed by atoms with Gasteiger partial charge in [0.15, 0.2) is 0 Å². The highest BCUT2D eigenvalue weighted by Crippen LogP contribution is 2.38. The largest absolute Gasteiger partial charge is 0.309 e. The summed E-state index contributed by atoms with van der Waals surface area (Å²) in [6, 6.07) is 13.5. The first kappa shape index (κ1) is 16.8. The molecule has 0 spiro atoms. The zero-order valence-electron chi connectivity index (χ0n) is 13.6. The van der Waals surface area contributed by atoms with E-state index in [9.17, 15) is 0 Å². The molecule has 0 fully saturated rings. The molecule has 24 heavy (non-hydrogen) atoms. The topological polar surface area (TPSA) is 38.0 Å². The van der Waals surface area contributed by atoms with E-state index in [-0.39, 0.29) is 0 Å². The second-order valence-corrected chi connectivity index (χ2v) is 8.89. The summed E-state index contributed by atoms with van der Waals surface area (Å²) >= 11 is 7.24. The molecule has 4 rings (SSSR count). The van der Waals surface area contributed by atoms with Gasteiger partial charge in [0.2, 0.25) is 0 Å². The van der Waals surface area contributed by atoms with E-state index in [4.69, 9.17) is 5.73 Å². The van der Waals surface area contributed by atoms with Crippen molar-refractivity contribution in [3.8, 4) is 0 Å². The molecule has 0 heterocycles. The summed E-state index contributed by atoms with van der Waals surface area (Å²) in [4.78, 5) is 0. The van der Waals surface area contributed by atoms with Crippen molar-refractivity contribution < 1.29 is 0 Å². The van der Waals surface area contributed by atoms with Gasteiger partial charge in [0.05, 0.1) is 5.66 Å². The molecule has 2 unspecified atom stereocenters. The third-order valence-electron chi connectivity index (χ3n) is 5.42. The number of fused-ring (bicyclic) bond motifs is 2. The lowest BCUT2D eigenvalue weighted by Gasteiger charge is -2.41. The summed E-state index contributed by atoms with van der Waals surface area (Å²) in [6.07, 6.45) is 6.77. The smallest absolute Gasteiger partial charge is 0.0932 e. The Labute approximate surface area is 160 Å². The van der Waals surface area contributed by atoms with Crippen molar-refractivity contribution in [2.45, 2.75) is 50.2 Å². The van der Waals surface area contributed by atoms with Crippen molar-refractivity contribution in [1.82, 2.24) is 5.32 Å². The van der Waals surface area contributed by atoms with Crippen LogP contribution in [0.1, 0.15) is 54.0 Å². The molecule has 0 radical (unpaired) electrons. The van der Waals surface area contributed by atoms with Gasteiger partial charge in [-0.3, -0.25) is 5.32 Å². The number of hydrogen-bond acceptors (Lipinski definition) is 2. The number of halogens is 2. The Hall–Kier alpha value is -0.680. The predicted octanol–water partition coefficient (Wildman–Crippen LogP) is 5.33. The maximum atomic E-state index is 6.92. The van der Waals surface area contributed by atoms with E-state index in [0.717, 1.165) is 34.6 Å². The van der Waals surface area contributed by atoms with Gasteiger partial charge in [0.25, 0.3) is 0 Å².